The van der Waals surface area contributed by atoms with Crippen molar-refractivity contribution in [2.45, 2.75) is 13.3 Å². The summed E-state index contributed by atoms with van der Waals surface area (Å²) in [5.74, 6) is 0.842. The number of nitrogens with zero attached hydrogens (tertiary/aromatic N) is 4. The van der Waals surface area contributed by atoms with E-state index in [4.69, 9.17) is 5.73 Å². The largest absolute Gasteiger partial charge is 0.368 e. The van der Waals surface area contributed by atoms with E-state index in [9.17, 15) is 4.79 Å². The number of rotatable bonds is 7. The second-order valence-corrected chi connectivity index (χ2v) is 3.92. The molecule has 0 saturated heterocycles. The highest BCUT2D eigenvalue weighted by molar-refractivity contribution is 5.78. The second-order valence-electron chi connectivity index (χ2n) is 3.92. The summed E-state index contributed by atoms with van der Waals surface area (Å²) in [5, 5.41) is 5.83. The van der Waals surface area contributed by atoms with Gasteiger partial charge in [0.1, 0.15) is 0 Å². The number of aromatic nitrogens is 3. The third-order valence-electron chi connectivity index (χ3n) is 1.98. The highest BCUT2D eigenvalue weighted by atomic mass is 16.1. The van der Waals surface area contributed by atoms with Gasteiger partial charge in [-0.25, -0.2) is 0 Å². The zero-order valence-corrected chi connectivity index (χ0v) is 10.9. The number of primary amides is 1. The van der Waals surface area contributed by atoms with Gasteiger partial charge in [-0.1, -0.05) is 6.92 Å². The molecular formula is C10H19N7O. The van der Waals surface area contributed by atoms with Crippen LogP contribution in [0.15, 0.2) is 0 Å². The number of carbonyl (C=O) groups excluding carboxylic acids is 1. The maximum Gasteiger partial charge on any atom is 0.236 e. The summed E-state index contributed by atoms with van der Waals surface area (Å²) < 4.78 is 0. The summed E-state index contributed by atoms with van der Waals surface area (Å²) >= 11 is 0. The van der Waals surface area contributed by atoms with Gasteiger partial charge in [-0.05, 0) is 6.42 Å². The van der Waals surface area contributed by atoms with Crippen molar-refractivity contribution < 1.29 is 4.79 Å². The van der Waals surface area contributed by atoms with Gasteiger partial charge in [0.05, 0.1) is 6.54 Å². The van der Waals surface area contributed by atoms with Crippen LogP contribution < -0.4 is 21.3 Å². The highest BCUT2D eigenvalue weighted by Crippen LogP contribution is 2.11. The average molecular weight is 253 g/mol. The van der Waals surface area contributed by atoms with E-state index in [1.54, 1.807) is 4.90 Å². The van der Waals surface area contributed by atoms with Crippen molar-refractivity contribution in [1.29, 1.82) is 0 Å². The lowest BCUT2D eigenvalue weighted by atomic mass is 10.5. The van der Waals surface area contributed by atoms with E-state index in [-0.39, 0.29) is 6.54 Å². The van der Waals surface area contributed by atoms with Crippen LogP contribution in [0.4, 0.5) is 17.8 Å². The average Bonchev–Trinajstić information content (AvgIpc) is 2.33. The molecule has 0 bridgehead atoms. The van der Waals surface area contributed by atoms with Crippen LogP contribution in [-0.2, 0) is 4.79 Å². The van der Waals surface area contributed by atoms with Gasteiger partial charge in [-0.3, -0.25) is 4.79 Å². The van der Waals surface area contributed by atoms with E-state index in [0.29, 0.717) is 17.8 Å². The van der Waals surface area contributed by atoms with Crippen LogP contribution in [-0.4, -0.2) is 48.0 Å². The fourth-order valence-electron chi connectivity index (χ4n) is 1.13. The molecule has 18 heavy (non-hydrogen) atoms. The van der Waals surface area contributed by atoms with Gasteiger partial charge in [-0.15, -0.1) is 0 Å². The SMILES string of the molecule is CCCNc1nc(NCC(N)=O)nc(N(C)C)n1. The van der Waals surface area contributed by atoms with Gasteiger partial charge < -0.3 is 21.3 Å². The van der Waals surface area contributed by atoms with E-state index in [2.05, 4.69) is 25.6 Å². The van der Waals surface area contributed by atoms with E-state index in [1.165, 1.54) is 0 Å². The molecule has 1 rings (SSSR count). The Bertz CT molecular complexity index is 407. The molecule has 1 aromatic rings. The molecule has 8 heteroatoms. The zero-order valence-electron chi connectivity index (χ0n) is 10.9. The van der Waals surface area contributed by atoms with Gasteiger partial charge in [0.2, 0.25) is 23.8 Å². The minimum atomic E-state index is -0.468. The maximum atomic E-state index is 10.7. The quantitative estimate of drug-likeness (QED) is 0.609. The Kier molecular flexibility index (Phi) is 5.09. The van der Waals surface area contributed by atoms with Crippen LogP contribution in [0.1, 0.15) is 13.3 Å². The first-order chi connectivity index (χ1) is 8.52. The van der Waals surface area contributed by atoms with Gasteiger partial charge in [-0.2, -0.15) is 15.0 Å². The number of nitrogens with one attached hydrogen (secondary N) is 2. The second kappa shape index (κ2) is 6.58. The molecule has 0 unspecified atom stereocenters. The molecule has 4 N–H and O–H groups in total. The minimum Gasteiger partial charge on any atom is -0.368 e. The molecule has 0 saturated carbocycles. The van der Waals surface area contributed by atoms with Gasteiger partial charge >= 0.3 is 0 Å². The normalized spacial score (nSPS) is 9.94. The van der Waals surface area contributed by atoms with Crippen LogP contribution in [0.25, 0.3) is 0 Å². The van der Waals surface area contributed by atoms with E-state index >= 15 is 0 Å². The summed E-state index contributed by atoms with van der Waals surface area (Å²) in [6.07, 6.45) is 0.965. The van der Waals surface area contributed by atoms with Crippen molar-refractivity contribution in [3.05, 3.63) is 0 Å². The van der Waals surface area contributed by atoms with Crippen LogP contribution in [0.2, 0.25) is 0 Å². The molecule has 100 valence electrons. The highest BCUT2D eigenvalue weighted by Gasteiger charge is 2.08. The molecular weight excluding hydrogens is 234 g/mol. The number of nitrogens with two attached hydrogens (primary N) is 1. The monoisotopic (exact) mass is 253 g/mol. The van der Waals surface area contributed by atoms with Gasteiger partial charge in [0.15, 0.2) is 0 Å². The first-order valence-electron chi connectivity index (χ1n) is 5.72. The Morgan fingerprint density at radius 1 is 1.22 bits per heavy atom. The summed E-state index contributed by atoms with van der Waals surface area (Å²) in [4.78, 5) is 25.0. The first-order valence-corrected chi connectivity index (χ1v) is 5.72. The topological polar surface area (TPSA) is 109 Å². The van der Waals surface area contributed by atoms with E-state index in [1.807, 2.05) is 21.0 Å². The lowest BCUT2D eigenvalue weighted by Crippen LogP contribution is -2.24. The summed E-state index contributed by atoms with van der Waals surface area (Å²) in [6.45, 7) is 2.81. The Hall–Kier alpha value is -2.12. The van der Waals surface area contributed by atoms with Gasteiger partial charge in [0.25, 0.3) is 0 Å². The lowest BCUT2D eigenvalue weighted by molar-refractivity contribution is -0.116. The van der Waals surface area contributed by atoms with Crippen LogP contribution in [0, 0.1) is 0 Å². The summed E-state index contributed by atoms with van der Waals surface area (Å²) in [6, 6.07) is 0. The Balaban J connectivity index is 2.87. The number of hydrogen-bond donors (Lipinski definition) is 3. The summed E-state index contributed by atoms with van der Waals surface area (Å²) in [7, 11) is 3.66. The third-order valence-corrected chi connectivity index (χ3v) is 1.98. The van der Waals surface area contributed by atoms with Crippen molar-refractivity contribution in [2.75, 3.05) is 42.7 Å². The molecule has 0 atom stereocenters. The van der Waals surface area contributed by atoms with Crippen molar-refractivity contribution >= 4 is 23.8 Å². The Morgan fingerprint density at radius 3 is 2.33 bits per heavy atom. The molecule has 1 aromatic heterocycles. The van der Waals surface area contributed by atoms with Crippen molar-refractivity contribution in [3.8, 4) is 0 Å². The molecule has 8 nitrogen and oxygen atoms in total. The molecule has 1 heterocycles. The maximum absolute atomic E-state index is 10.7. The standard InChI is InChI=1S/C10H19N7O/c1-4-5-12-8-14-9(13-6-7(11)18)16-10(15-8)17(2)3/h4-6H2,1-3H3,(H2,11,18)(H2,12,13,14,15,16). The predicted molar refractivity (Wildman–Crippen MR) is 70.6 cm³/mol. The Labute approximate surface area is 106 Å². The molecule has 0 aliphatic rings. The molecule has 0 radical (unpaired) electrons. The van der Waals surface area contributed by atoms with E-state index in [0.717, 1.165) is 13.0 Å². The predicted octanol–water partition coefficient (Wildman–Crippen LogP) is -0.343. The number of anilines is 3. The smallest absolute Gasteiger partial charge is 0.236 e. The molecule has 0 spiro atoms. The molecule has 0 fully saturated rings. The van der Waals surface area contributed by atoms with Crippen molar-refractivity contribution in [2.24, 2.45) is 5.73 Å². The van der Waals surface area contributed by atoms with Crippen LogP contribution in [0.5, 0.6) is 0 Å². The number of carbonyl (C=O) groups is 1. The van der Waals surface area contributed by atoms with Gasteiger partial charge in [0, 0.05) is 20.6 Å². The van der Waals surface area contributed by atoms with Crippen LogP contribution >= 0.6 is 0 Å². The molecule has 1 amide bonds. The van der Waals surface area contributed by atoms with Crippen LogP contribution in [0.3, 0.4) is 0 Å². The van der Waals surface area contributed by atoms with Crippen molar-refractivity contribution in [3.63, 3.8) is 0 Å². The van der Waals surface area contributed by atoms with Crippen molar-refractivity contribution in [1.82, 2.24) is 15.0 Å². The Morgan fingerprint density at radius 2 is 1.83 bits per heavy atom. The third kappa shape index (κ3) is 4.40. The minimum absolute atomic E-state index is 0.00982. The summed E-state index contributed by atoms with van der Waals surface area (Å²) in [5.41, 5.74) is 5.06. The molecule has 0 aromatic carbocycles. The lowest BCUT2D eigenvalue weighted by Gasteiger charge is -2.13. The fraction of sp³-hybridized carbons (Fsp3) is 0.600. The fourth-order valence-corrected chi connectivity index (χ4v) is 1.13. The molecule has 0 aliphatic carbocycles. The first kappa shape index (κ1) is 13.9. The number of amides is 1. The number of hydrogen-bond acceptors (Lipinski definition) is 7. The van der Waals surface area contributed by atoms with E-state index < -0.39 is 5.91 Å². The zero-order chi connectivity index (χ0) is 13.5. The molecule has 0 aliphatic heterocycles.